The van der Waals surface area contributed by atoms with Gasteiger partial charge in [-0.3, -0.25) is 0 Å². The number of hydrogen-bond acceptors (Lipinski definition) is 6. The van der Waals surface area contributed by atoms with Crippen molar-refractivity contribution in [2.75, 3.05) is 21.3 Å². The highest BCUT2D eigenvalue weighted by Crippen LogP contribution is 2.45. The first-order valence-electron chi connectivity index (χ1n) is 7.69. The van der Waals surface area contributed by atoms with E-state index in [4.69, 9.17) is 14.2 Å². The van der Waals surface area contributed by atoms with Crippen molar-refractivity contribution in [3.63, 3.8) is 0 Å². The molecule has 6 nitrogen and oxygen atoms in total. The molecule has 2 heterocycles. The van der Waals surface area contributed by atoms with E-state index >= 15 is 0 Å². The third kappa shape index (κ3) is 2.78. The Balaban J connectivity index is 2.14. The molecule has 0 N–H and O–H groups in total. The van der Waals surface area contributed by atoms with Gasteiger partial charge in [-0.15, -0.1) is 11.8 Å². The number of aromatic nitrogens is 1. The van der Waals surface area contributed by atoms with E-state index in [0.717, 1.165) is 17.0 Å². The lowest BCUT2D eigenvalue weighted by Gasteiger charge is -2.16. The number of rotatable bonds is 4. The van der Waals surface area contributed by atoms with Crippen molar-refractivity contribution in [2.24, 2.45) is 0 Å². The largest absolute Gasteiger partial charge is 0.497 e. The molecule has 0 radical (unpaired) electrons. The van der Waals surface area contributed by atoms with Crippen LogP contribution < -0.4 is 4.74 Å². The first kappa shape index (κ1) is 17.4. The fraction of sp³-hybridized carbons (Fsp3) is 0.333. The highest BCUT2D eigenvalue weighted by Gasteiger charge is 2.37. The van der Waals surface area contributed by atoms with Crippen LogP contribution in [0.3, 0.4) is 0 Å². The summed E-state index contributed by atoms with van der Waals surface area (Å²) < 4.78 is 17.0. The fourth-order valence-corrected chi connectivity index (χ4v) is 4.53. The van der Waals surface area contributed by atoms with E-state index in [1.165, 1.54) is 14.2 Å². The molecule has 25 heavy (non-hydrogen) atoms. The molecular formula is C18H19NO5S. The van der Waals surface area contributed by atoms with Crippen molar-refractivity contribution in [1.82, 2.24) is 4.57 Å². The lowest BCUT2D eigenvalue weighted by atomic mass is 10.1. The van der Waals surface area contributed by atoms with Crippen LogP contribution >= 0.6 is 11.8 Å². The van der Waals surface area contributed by atoms with Crippen LogP contribution in [0, 0.1) is 6.92 Å². The topological polar surface area (TPSA) is 66.8 Å². The summed E-state index contributed by atoms with van der Waals surface area (Å²) in [5.41, 5.74) is 3.14. The number of benzene rings is 1. The summed E-state index contributed by atoms with van der Waals surface area (Å²) in [6.45, 7) is 1.82. The Kier molecular flexibility index (Phi) is 4.76. The molecule has 3 rings (SSSR count). The Hall–Kier alpha value is -2.41. The molecule has 0 fully saturated rings. The number of methoxy groups -OCH3 is 3. The van der Waals surface area contributed by atoms with Gasteiger partial charge in [0.1, 0.15) is 11.1 Å². The molecule has 1 unspecified atom stereocenters. The van der Waals surface area contributed by atoms with E-state index < -0.39 is 11.9 Å². The number of fused-ring (bicyclic) bond motifs is 1. The lowest BCUT2D eigenvalue weighted by Crippen LogP contribution is -2.12. The molecule has 1 aromatic carbocycles. The summed E-state index contributed by atoms with van der Waals surface area (Å²) in [4.78, 5) is 24.5. The van der Waals surface area contributed by atoms with Crippen LogP contribution in [0.1, 0.15) is 43.0 Å². The summed E-state index contributed by atoms with van der Waals surface area (Å²) in [6, 6.07) is 7.77. The van der Waals surface area contributed by atoms with Crippen LogP contribution in [0.4, 0.5) is 0 Å². The van der Waals surface area contributed by atoms with Gasteiger partial charge in [-0.25, -0.2) is 9.59 Å². The monoisotopic (exact) mass is 361 g/mol. The van der Waals surface area contributed by atoms with E-state index in [-0.39, 0.29) is 10.9 Å². The maximum Gasteiger partial charge on any atom is 0.340 e. The van der Waals surface area contributed by atoms with Crippen LogP contribution in [0.25, 0.3) is 0 Å². The molecule has 0 saturated heterocycles. The molecule has 2 aromatic rings. The second kappa shape index (κ2) is 6.84. The van der Waals surface area contributed by atoms with Gasteiger partial charge in [0.2, 0.25) is 0 Å². The Morgan fingerprint density at radius 2 is 1.64 bits per heavy atom. The minimum absolute atomic E-state index is 0.0253. The number of hydrogen-bond donors (Lipinski definition) is 0. The Bertz CT molecular complexity index is 825. The third-order valence-electron chi connectivity index (χ3n) is 4.34. The van der Waals surface area contributed by atoms with Gasteiger partial charge in [0.25, 0.3) is 0 Å². The molecule has 0 spiro atoms. The van der Waals surface area contributed by atoms with E-state index in [9.17, 15) is 9.59 Å². The average Bonchev–Trinajstić information content (AvgIpc) is 3.19. The second-order valence-corrected chi connectivity index (χ2v) is 6.64. The smallest absolute Gasteiger partial charge is 0.340 e. The van der Waals surface area contributed by atoms with Gasteiger partial charge in [-0.05, 0) is 24.6 Å². The average molecular weight is 361 g/mol. The number of thioether (sulfide) groups is 1. The molecule has 0 amide bonds. The second-order valence-electron chi connectivity index (χ2n) is 5.57. The minimum atomic E-state index is -0.529. The zero-order valence-corrected chi connectivity index (χ0v) is 15.3. The highest BCUT2D eigenvalue weighted by atomic mass is 32.2. The normalized spacial score (nSPS) is 15.6. The Labute approximate surface area is 150 Å². The summed E-state index contributed by atoms with van der Waals surface area (Å²) in [5.74, 6) is 0.340. The van der Waals surface area contributed by atoms with E-state index in [1.54, 1.807) is 18.9 Å². The fourth-order valence-electron chi connectivity index (χ4n) is 3.15. The molecule has 1 aromatic heterocycles. The molecule has 132 valence electrons. The Morgan fingerprint density at radius 3 is 2.20 bits per heavy atom. The number of carbonyl (C=O) groups is 2. The zero-order valence-electron chi connectivity index (χ0n) is 14.5. The predicted molar refractivity (Wildman–Crippen MR) is 94.3 cm³/mol. The van der Waals surface area contributed by atoms with Gasteiger partial charge < -0.3 is 18.8 Å². The van der Waals surface area contributed by atoms with Crippen LogP contribution in [-0.4, -0.2) is 37.8 Å². The molecule has 0 bridgehead atoms. The van der Waals surface area contributed by atoms with Crippen molar-refractivity contribution >= 4 is 23.7 Å². The molecule has 7 heteroatoms. The standard InChI is InChI=1S/C18H19NO5S/c1-10-14(17(20)23-3)15(18(21)24-4)13-9-25-16(19(10)13)11-5-7-12(22-2)8-6-11/h5-8,16H,9H2,1-4H3. The molecule has 0 saturated carbocycles. The number of carbonyl (C=O) groups excluding carboxylic acids is 2. The molecule has 1 atom stereocenters. The number of nitrogens with zero attached hydrogens (tertiary/aromatic N) is 1. The first-order chi connectivity index (χ1) is 12.0. The van der Waals surface area contributed by atoms with Gasteiger partial charge in [0.05, 0.1) is 32.5 Å². The molecule has 1 aliphatic heterocycles. The molecule has 0 aliphatic carbocycles. The minimum Gasteiger partial charge on any atom is -0.497 e. The van der Waals surface area contributed by atoms with Gasteiger partial charge in [0, 0.05) is 17.1 Å². The zero-order chi connectivity index (χ0) is 18.1. The van der Waals surface area contributed by atoms with Gasteiger partial charge >= 0.3 is 11.9 Å². The van der Waals surface area contributed by atoms with Crippen LogP contribution in [0.5, 0.6) is 5.75 Å². The van der Waals surface area contributed by atoms with Crippen molar-refractivity contribution in [3.05, 3.63) is 52.3 Å². The Morgan fingerprint density at radius 1 is 1.04 bits per heavy atom. The number of esters is 2. The van der Waals surface area contributed by atoms with E-state index in [1.807, 2.05) is 35.8 Å². The van der Waals surface area contributed by atoms with Gasteiger partial charge in [-0.1, -0.05) is 12.1 Å². The summed E-state index contributed by atoms with van der Waals surface area (Å²) in [6.07, 6.45) is 0. The van der Waals surface area contributed by atoms with Crippen molar-refractivity contribution < 1.29 is 23.8 Å². The lowest BCUT2D eigenvalue weighted by molar-refractivity contribution is 0.0555. The quantitative estimate of drug-likeness (QED) is 0.779. The van der Waals surface area contributed by atoms with Crippen molar-refractivity contribution in [2.45, 2.75) is 18.1 Å². The molecule has 1 aliphatic rings. The SMILES string of the molecule is COC(=O)c1c(C(=O)OC)c2n(c1C)C(c1ccc(OC)cc1)SC2. The van der Waals surface area contributed by atoms with Crippen LogP contribution in [0.2, 0.25) is 0 Å². The predicted octanol–water partition coefficient (Wildman–Crippen LogP) is 3.17. The maximum atomic E-state index is 12.3. The van der Waals surface area contributed by atoms with Crippen molar-refractivity contribution in [1.29, 1.82) is 0 Å². The van der Waals surface area contributed by atoms with E-state index in [2.05, 4.69) is 0 Å². The molecular weight excluding hydrogens is 342 g/mol. The first-order valence-corrected chi connectivity index (χ1v) is 8.74. The summed E-state index contributed by atoms with van der Waals surface area (Å²) in [5, 5.41) is -0.0253. The van der Waals surface area contributed by atoms with Crippen molar-refractivity contribution in [3.8, 4) is 5.75 Å². The highest BCUT2D eigenvalue weighted by molar-refractivity contribution is 7.99. The third-order valence-corrected chi connectivity index (χ3v) is 5.58. The van der Waals surface area contributed by atoms with Crippen LogP contribution in [-0.2, 0) is 15.2 Å². The van der Waals surface area contributed by atoms with E-state index in [0.29, 0.717) is 17.0 Å². The van der Waals surface area contributed by atoms with Gasteiger partial charge in [-0.2, -0.15) is 0 Å². The summed E-state index contributed by atoms with van der Waals surface area (Å²) in [7, 11) is 4.24. The van der Waals surface area contributed by atoms with Gasteiger partial charge in [0.15, 0.2) is 0 Å². The maximum absolute atomic E-state index is 12.3. The van der Waals surface area contributed by atoms with Crippen LogP contribution in [0.15, 0.2) is 24.3 Å². The summed E-state index contributed by atoms with van der Waals surface area (Å²) >= 11 is 1.69. The number of ether oxygens (including phenoxy) is 3.